The van der Waals surface area contributed by atoms with Gasteiger partial charge < -0.3 is 9.80 Å². The maximum Gasteiger partial charge on any atom is 0.230 e. The van der Waals surface area contributed by atoms with Gasteiger partial charge in [0.25, 0.3) is 0 Å². The lowest BCUT2D eigenvalue weighted by Gasteiger charge is -2.30. The minimum absolute atomic E-state index is 0.0121. The zero-order valence-corrected chi connectivity index (χ0v) is 11.2. The summed E-state index contributed by atoms with van der Waals surface area (Å²) >= 11 is 3.48. The second-order valence-corrected chi connectivity index (χ2v) is 4.95. The molecule has 1 aliphatic rings. The summed E-state index contributed by atoms with van der Waals surface area (Å²) in [5.41, 5.74) is 0. The molecule has 0 fully saturated rings. The quantitative estimate of drug-likeness (QED) is 0.782. The highest BCUT2D eigenvalue weighted by molar-refractivity contribution is 9.11. The summed E-state index contributed by atoms with van der Waals surface area (Å²) < 4.78 is 1.11. The molecule has 0 radical (unpaired) electrons. The number of amides is 1. The maximum atomic E-state index is 12.1. The minimum Gasteiger partial charge on any atom is -0.343 e. The van der Waals surface area contributed by atoms with E-state index in [1.165, 1.54) is 0 Å². The van der Waals surface area contributed by atoms with Crippen LogP contribution in [0.2, 0.25) is 0 Å². The molecule has 0 bridgehead atoms. The van der Waals surface area contributed by atoms with E-state index in [1.807, 2.05) is 31.9 Å². The van der Waals surface area contributed by atoms with Crippen molar-refractivity contribution < 1.29 is 4.79 Å². The Bertz CT molecular complexity index is 261. The van der Waals surface area contributed by atoms with Gasteiger partial charge in [-0.05, 0) is 20.9 Å². The Balaban J connectivity index is 2.70. The van der Waals surface area contributed by atoms with Crippen LogP contribution in [0.1, 0.15) is 13.8 Å². The van der Waals surface area contributed by atoms with Gasteiger partial charge in [-0.25, -0.2) is 0 Å². The standard InChI is InChI=1S/C11H19BrN2O/c1-4-14(5-2)11(15)9-6-10(12)8-13(3)7-9/h6,9H,4-5,7-8H2,1-3H3. The lowest BCUT2D eigenvalue weighted by atomic mass is 10.0. The van der Waals surface area contributed by atoms with Gasteiger partial charge in [-0.3, -0.25) is 4.79 Å². The van der Waals surface area contributed by atoms with E-state index in [9.17, 15) is 4.79 Å². The van der Waals surface area contributed by atoms with Gasteiger partial charge in [0.15, 0.2) is 0 Å². The van der Waals surface area contributed by atoms with Gasteiger partial charge >= 0.3 is 0 Å². The molecule has 0 N–H and O–H groups in total. The Kier molecular flexibility index (Phi) is 4.80. The van der Waals surface area contributed by atoms with Crippen molar-refractivity contribution in [1.29, 1.82) is 0 Å². The van der Waals surface area contributed by atoms with Crippen LogP contribution in [-0.4, -0.2) is 48.9 Å². The lowest BCUT2D eigenvalue weighted by Crippen LogP contribution is -2.42. The molecule has 1 aliphatic heterocycles. The molecule has 0 aliphatic carbocycles. The van der Waals surface area contributed by atoms with E-state index in [0.717, 1.165) is 30.7 Å². The fourth-order valence-corrected chi connectivity index (χ4v) is 2.65. The summed E-state index contributed by atoms with van der Waals surface area (Å²) in [6.45, 7) is 7.36. The van der Waals surface area contributed by atoms with Crippen LogP contribution in [0.15, 0.2) is 10.6 Å². The normalized spacial score (nSPS) is 22.4. The van der Waals surface area contributed by atoms with Crippen LogP contribution >= 0.6 is 15.9 Å². The Morgan fingerprint density at radius 2 is 2.20 bits per heavy atom. The van der Waals surface area contributed by atoms with Crippen molar-refractivity contribution in [3.8, 4) is 0 Å². The molecular formula is C11H19BrN2O. The summed E-state index contributed by atoms with van der Waals surface area (Å²) in [5, 5.41) is 0. The third-order valence-electron chi connectivity index (χ3n) is 2.70. The lowest BCUT2D eigenvalue weighted by molar-refractivity contribution is -0.134. The van der Waals surface area contributed by atoms with Crippen molar-refractivity contribution >= 4 is 21.8 Å². The Morgan fingerprint density at radius 3 is 2.67 bits per heavy atom. The van der Waals surface area contributed by atoms with Crippen molar-refractivity contribution in [3.63, 3.8) is 0 Å². The molecule has 1 amide bonds. The van der Waals surface area contributed by atoms with Crippen LogP contribution in [0.3, 0.4) is 0 Å². The molecule has 0 aromatic heterocycles. The Hall–Kier alpha value is -0.350. The van der Waals surface area contributed by atoms with Gasteiger partial charge in [0, 0.05) is 30.7 Å². The highest BCUT2D eigenvalue weighted by Gasteiger charge is 2.25. The van der Waals surface area contributed by atoms with Crippen molar-refractivity contribution in [2.45, 2.75) is 13.8 Å². The highest BCUT2D eigenvalue weighted by atomic mass is 79.9. The molecule has 1 heterocycles. The SMILES string of the molecule is CCN(CC)C(=O)C1C=C(Br)CN(C)C1. The zero-order valence-electron chi connectivity index (χ0n) is 9.66. The van der Waals surface area contributed by atoms with Gasteiger partial charge in [0.05, 0.1) is 5.92 Å². The number of hydrogen-bond donors (Lipinski definition) is 0. The van der Waals surface area contributed by atoms with E-state index in [-0.39, 0.29) is 11.8 Å². The highest BCUT2D eigenvalue weighted by Crippen LogP contribution is 2.19. The van der Waals surface area contributed by atoms with Crippen molar-refractivity contribution in [1.82, 2.24) is 9.80 Å². The number of carbonyl (C=O) groups excluding carboxylic acids is 1. The van der Waals surface area contributed by atoms with E-state index >= 15 is 0 Å². The first-order chi connectivity index (χ1) is 7.08. The summed E-state index contributed by atoms with van der Waals surface area (Å²) in [7, 11) is 2.04. The van der Waals surface area contributed by atoms with Gasteiger partial charge in [0.1, 0.15) is 0 Å². The molecule has 4 heteroatoms. The van der Waals surface area contributed by atoms with Crippen LogP contribution in [0.5, 0.6) is 0 Å². The van der Waals surface area contributed by atoms with Crippen molar-refractivity contribution in [2.24, 2.45) is 5.92 Å². The van der Waals surface area contributed by atoms with Crippen LogP contribution in [0.4, 0.5) is 0 Å². The number of halogens is 1. The molecular weight excluding hydrogens is 256 g/mol. The number of nitrogens with zero attached hydrogens (tertiary/aromatic N) is 2. The van der Waals surface area contributed by atoms with Crippen LogP contribution in [-0.2, 0) is 4.79 Å². The van der Waals surface area contributed by atoms with E-state index in [1.54, 1.807) is 0 Å². The molecule has 0 saturated carbocycles. The van der Waals surface area contributed by atoms with Gasteiger partial charge in [0.2, 0.25) is 5.91 Å². The third kappa shape index (κ3) is 3.31. The first-order valence-electron chi connectivity index (χ1n) is 5.42. The average molecular weight is 275 g/mol. The fraction of sp³-hybridized carbons (Fsp3) is 0.727. The molecule has 1 unspecified atom stereocenters. The van der Waals surface area contributed by atoms with E-state index in [2.05, 4.69) is 20.8 Å². The molecule has 15 heavy (non-hydrogen) atoms. The predicted octanol–water partition coefficient (Wildman–Crippen LogP) is 1.70. The minimum atomic E-state index is 0.0121. The smallest absolute Gasteiger partial charge is 0.230 e. The number of rotatable bonds is 3. The van der Waals surface area contributed by atoms with Crippen LogP contribution in [0, 0.1) is 5.92 Å². The second-order valence-electron chi connectivity index (χ2n) is 3.93. The summed E-state index contributed by atoms with van der Waals surface area (Å²) in [6.07, 6.45) is 2.04. The second kappa shape index (κ2) is 5.66. The predicted molar refractivity (Wildman–Crippen MR) is 65.9 cm³/mol. The molecule has 1 atom stereocenters. The number of likely N-dealkylation sites (N-methyl/N-ethyl adjacent to an activating group) is 1. The molecule has 86 valence electrons. The molecule has 3 nitrogen and oxygen atoms in total. The Morgan fingerprint density at radius 1 is 1.60 bits per heavy atom. The topological polar surface area (TPSA) is 23.6 Å². The van der Waals surface area contributed by atoms with E-state index in [4.69, 9.17) is 0 Å². The van der Waals surface area contributed by atoms with Crippen molar-refractivity contribution in [2.75, 3.05) is 33.2 Å². The maximum absolute atomic E-state index is 12.1. The van der Waals surface area contributed by atoms with Gasteiger partial charge in [-0.15, -0.1) is 0 Å². The molecule has 1 rings (SSSR count). The first-order valence-corrected chi connectivity index (χ1v) is 6.21. The monoisotopic (exact) mass is 274 g/mol. The Labute approximate surface area is 100 Å². The summed E-state index contributed by atoms with van der Waals surface area (Å²) in [4.78, 5) is 16.1. The van der Waals surface area contributed by atoms with E-state index < -0.39 is 0 Å². The third-order valence-corrected chi connectivity index (χ3v) is 3.22. The summed E-state index contributed by atoms with van der Waals surface area (Å²) in [6, 6.07) is 0. The van der Waals surface area contributed by atoms with E-state index in [0.29, 0.717) is 0 Å². The molecule has 0 saturated heterocycles. The molecule has 0 spiro atoms. The van der Waals surface area contributed by atoms with Gasteiger partial charge in [-0.2, -0.15) is 0 Å². The van der Waals surface area contributed by atoms with Crippen LogP contribution in [0.25, 0.3) is 0 Å². The number of hydrogen-bond acceptors (Lipinski definition) is 2. The van der Waals surface area contributed by atoms with Crippen LogP contribution < -0.4 is 0 Å². The molecule has 0 aromatic carbocycles. The van der Waals surface area contributed by atoms with Gasteiger partial charge in [-0.1, -0.05) is 22.0 Å². The fourth-order valence-electron chi connectivity index (χ4n) is 1.90. The largest absolute Gasteiger partial charge is 0.343 e. The van der Waals surface area contributed by atoms with Crippen molar-refractivity contribution in [3.05, 3.63) is 10.6 Å². The zero-order chi connectivity index (χ0) is 11.4. The number of carbonyl (C=O) groups is 1. The summed E-state index contributed by atoms with van der Waals surface area (Å²) in [5.74, 6) is 0.251. The molecule has 0 aromatic rings. The first kappa shape index (κ1) is 12.7. The average Bonchev–Trinajstić information content (AvgIpc) is 2.18.